The van der Waals surface area contributed by atoms with Gasteiger partial charge in [0.15, 0.2) is 12.6 Å². The van der Waals surface area contributed by atoms with Crippen molar-refractivity contribution in [1.82, 2.24) is 4.90 Å². The first-order valence-corrected chi connectivity index (χ1v) is 18.8. The predicted octanol–water partition coefficient (Wildman–Crippen LogP) is 2.35. The highest BCUT2D eigenvalue weighted by Gasteiger charge is 2.54. The van der Waals surface area contributed by atoms with Crippen molar-refractivity contribution >= 4 is 5.97 Å². The summed E-state index contributed by atoms with van der Waals surface area (Å²) >= 11 is 0. The fourth-order valence-electron chi connectivity index (χ4n) is 8.79. The molecule has 0 amide bonds. The maximum absolute atomic E-state index is 14.1. The summed E-state index contributed by atoms with van der Waals surface area (Å²) in [4.78, 5) is 28.4. The Morgan fingerprint density at radius 2 is 1.54 bits per heavy atom. The van der Waals surface area contributed by atoms with Gasteiger partial charge in [0.05, 0.1) is 53.7 Å². The molecule has 19 atom stereocenters. The molecule has 0 saturated carbocycles. The van der Waals surface area contributed by atoms with Gasteiger partial charge in [0, 0.05) is 31.4 Å². The molecule has 3 rings (SSSR count). The van der Waals surface area contributed by atoms with E-state index in [1.54, 1.807) is 55.4 Å². The van der Waals surface area contributed by atoms with Gasteiger partial charge in [0.1, 0.15) is 23.9 Å². The molecule has 0 bridgehead atoms. The lowest BCUT2D eigenvalue weighted by Crippen LogP contribution is -2.61. The predicted molar refractivity (Wildman–Crippen MR) is 191 cm³/mol. The van der Waals surface area contributed by atoms with Gasteiger partial charge >= 0.3 is 5.97 Å². The number of ether oxygens (including phenoxy) is 6. The number of rotatable bonds is 8. The van der Waals surface area contributed by atoms with Gasteiger partial charge in [0.25, 0.3) is 0 Å². The zero-order valence-electron chi connectivity index (χ0n) is 33.5. The minimum absolute atomic E-state index is 0.0687. The lowest BCUT2D eigenvalue weighted by Gasteiger charge is -2.49. The highest BCUT2D eigenvalue weighted by atomic mass is 16.7. The summed E-state index contributed by atoms with van der Waals surface area (Å²) in [6.07, 6.45) is -9.58. The standard InChI is InChI=1S/C37H68N2O13/c1-14-25-37(10,45)30(41)20(4)27(38-46)18(2)16-35(8,44)32(52-34-28(40)24(39(11)12)15-19(3)48-34)21(5)29(22(6)33(43)50-25)51-26-17-36(9,47-13)31(42)23(7)49-26/h18-32,34,40-42,44-45H,14-17H2,1-13H3/t18-,19+,20-,21-,22+,23-,24-,25+,26-,27?,28+,29-,30+,31-,32+,34-,35?,36+,37+/m0/s1. The maximum Gasteiger partial charge on any atom is 0.311 e. The van der Waals surface area contributed by atoms with Gasteiger partial charge in [-0.25, -0.2) is 0 Å². The molecule has 304 valence electrons. The van der Waals surface area contributed by atoms with Crippen molar-refractivity contribution in [2.24, 2.45) is 28.8 Å². The normalized spacial score (nSPS) is 50.3. The van der Waals surface area contributed by atoms with E-state index in [9.17, 15) is 35.2 Å². The number of hydrogen-bond acceptors (Lipinski definition) is 15. The van der Waals surface area contributed by atoms with Crippen molar-refractivity contribution in [1.29, 1.82) is 0 Å². The molecule has 2 unspecified atom stereocenters. The fourth-order valence-corrected chi connectivity index (χ4v) is 8.79. The van der Waals surface area contributed by atoms with Gasteiger partial charge in [0.2, 0.25) is 0 Å². The Morgan fingerprint density at radius 3 is 2.08 bits per heavy atom. The molecule has 0 spiro atoms. The van der Waals surface area contributed by atoms with Crippen LogP contribution in [0.15, 0.2) is 5.18 Å². The van der Waals surface area contributed by atoms with Crippen LogP contribution in [0.1, 0.15) is 94.9 Å². The summed E-state index contributed by atoms with van der Waals surface area (Å²) in [6, 6.07) is -1.40. The molecule has 3 heterocycles. The molecule has 3 saturated heterocycles. The van der Waals surface area contributed by atoms with Gasteiger partial charge in [-0.1, -0.05) is 32.9 Å². The van der Waals surface area contributed by atoms with Gasteiger partial charge in [-0.15, -0.1) is 0 Å². The molecular weight excluding hydrogens is 680 g/mol. The van der Waals surface area contributed by atoms with Crippen LogP contribution >= 0.6 is 0 Å². The van der Waals surface area contributed by atoms with Crippen molar-refractivity contribution in [3.63, 3.8) is 0 Å². The number of nitrogens with zero attached hydrogens (tertiary/aromatic N) is 2. The molecule has 0 aliphatic carbocycles. The van der Waals surface area contributed by atoms with Crippen LogP contribution in [-0.2, 0) is 33.2 Å². The minimum Gasteiger partial charge on any atom is -0.459 e. The Balaban J connectivity index is 2.21. The molecule has 0 radical (unpaired) electrons. The first-order chi connectivity index (χ1) is 24.0. The summed E-state index contributed by atoms with van der Waals surface area (Å²) in [5.41, 5.74) is -4.80. The Bertz CT molecular complexity index is 1170. The lowest BCUT2D eigenvalue weighted by atomic mass is 9.72. The van der Waals surface area contributed by atoms with Crippen molar-refractivity contribution in [2.75, 3.05) is 21.2 Å². The number of aliphatic hydroxyl groups is 5. The van der Waals surface area contributed by atoms with Crippen molar-refractivity contribution in [3.8, 4) is 0 Å². The Kier molecular flexibility index (Phi) is 15.3. The van der Waals surface area contributed by atoms with Crippen LogP contribution in [0.3, 0.4) is 0 Å². The number of likely N-dealkylation sites (N-methyl/N-ethyl adjacent to an activating group) is 1. The highest BCUT2D eigenvalue weighted by molar-refractivity contribution is 5.73. The topological polar surface area (TPSA) is 206 Å². The van der Waals surface area contributed by atoms with Crippen molar-refractivity contribution < 1.29 is 58.7 Å². The highest BCUT2D eigenvalue weighted by Crippen LogP contribution is 2.41. The second kappa shape index (κ2) is 17.6. The largest absolute Gasteiger partial charge is 0.459 e. The van der Waals surface area contributed by atoms with Gasteiger partial charge in [-0.2, -0.15) is 4.91 Å². The van der Waals surface area contributed by atoms with Gasteiger partial charge in [-0.05, 0) is 80.8 Å². The second-order valence-electron chi connectivity index (χ2n) is 16.8. The fraction of sp³-hybridized carbons (Fsp3) is 0.973. The van der Waals surface area contributed by atoms with E-state index in [0.717, 1.165) is 0 Å². The number of methoxy groups -OCH3 is 1. The van der Waals surface area contributed by atoms with Crippen LogP contribution in [0.5, 0.6) is 0 Å². The maximum atomic E-state index is 14.1. The van der Waals surface area contributed by atoms with Crippen LogP contribution in [0.2, 0.25) is 0 Å². The third-order valence-corrected chi connectivity index (χ3v) is 12.2. The van der Waals surface area contributed by atoms with Crippen LogP contribution in [-0.4, -0.2) is 148 Å². The number of hydrogen-bond donors (Lipinski definition) is 5. The minimum atomic E-state index is -1.97. The van der Waals surface area contributed by atoms with E-state index in [1.165, 1.54) is 14.0 Å². The Hall–Kier alpha value is -1.37. The van der Waals surface area contributed by atoms with E-state index in [-0.39, 0.29) is 31.4 Å². The summed E-state index contributed by atoms with van der Waals surface area (Å²) in [7, 11) is 5.18. The van der Waals surface area contributed by atoms with E-state index in [1.807, 2.05) is 25.9 Å². The molecule has 52 heavy (non-hydrogen) atoms. The number of cyclic esters (lactones) is 1. The SMILES string of the molecule is CC[C@H]1OC(=O)[C@H](C)[C@@H](O[C@H]2C[C@@](C)(OC)[C@@H](O)[C@H](C)O2)[C@H](C)[C@@H](O[C@@H]2O[C@H](C)C[C@H](N(C)C)[C@H]2O)C(C)(O)C[C@H](C)C(N=O)[C@H](C)[C@@H](O)[C@]1(C)O. The third kappa shape index (κ3) is 9.52. The molecule has 0 aromatic carbocycles. The monoisotopic (exact) mass is 748 g/mol. The van der Waals surface area contributed by atoms with E-state index < -0.39 is 108 Å². The van der Waals surface area contributed by atoms with E-state index in [0.29, 0.717) is 6.42 Å². The summed E-state index contributed by atoms with van der Waals surface area (Å²) < 4.78 is 37.2. The number of aliphatic hydroxyl groups excluding tert-OH is 3. The number of nitroso groups, excluding NO2 is 1. The first-order valence-electron chi connectivity index (χ1n) is 18.8. The number of carbonyl (C=O) groups excluding carboxylic acids is 1. The molecule has 5 N–H and O–H groups in total. The second-order valence-corrected chi connectivity index (χ2v) is 16.8. The van der Waals surface area contributed by atoms with Crippen LogP contribution in [0.25, 0.3) is 0 Å². The zero-order chi connectivity index (χ0) is 39.7. The summed E-state index contributed by atoms with van der Waals surface area (Å²) in [5, 5.41) is 61.4. The van der Waals surface area contributed by atoms with Gasteiger partial charge < -0.3 is 58.9 Å². The molecule has 3 aliphatic heterocycles. The zero-order valence-corrected chi connectivity index (χ0v) is 33.5. The van der Waals surface area contributed by atoms with E-state index in [4.69, 9.17) is 28.4 Å². The molecule has 15 heteroatoms. The summed E-state index contributed by atoms with van der Waals surface area (Å²) in [6.45, 7) is 16.6. The van der Waals surface area contributed by atoms with Crippen molar-refractivity contribution in [3.05, 3.63) is 4.91 Å². The summed E-state index contributed by atoms with van der Waals surface area (Å²) in [5.74, 6) is -4.21. The molecule has 3 aliphatic rings. The van der Waals surface area contributed by atoms with E-state index >= 15 is 0 Å². The average molecular weight is 749 g/mol. The quantitative estimate of drug-likeness (QED) is 0.179. The van der Waals surface area contributed by atoms with Crippen molar-refractivity contribution in [2.45, 2.75) is 185 Å². The van der Waals surface area contributed by atoms with E-state index in [2.05, 4.69) is 5.18 Å². The third-order valence-electron chi connectivity index (χ3n) is 12.2. The number of esters is 1. The smallest absolute Gasteiger partial charge is 0.311 e. The Labute approximate surface area is 309 Å². The first kappa shape index (κ1) is 45.0. The molecule has 0 aromatic rings. The molecular formula is C37H68N2O13. The van der Waals surface area contributed by atoms with Gasteiger partial charge in [-0.3, -0.25) is 4.79 Å². The number of carbonyl (C=O) groups is 1. The average Bonchev–Trinajstić information content (AvgIpc) is 3.06. The van der Waals surface area contributed by atoms with Crippen LogP contribution in [0, 0.1) is 28.6 Å². The molecule has 3 fully saturated rings. The van der Waals surface area contributed by atoms with Crippen LogP contribution in [0.4, 0.5) is 0 Å². The molecule has 0 aromatic heterocycles. The van der Waals surface area contributed by atoms with Crippen LogP contribution < -0.4 is 0 Å². The lowest BCUT2D eigenvalue weighted by molar-refractivity contribution is -0.318. The Morgan fingerprint density at radius 1 is 0.923 bits per heavy atom. The molecule has 15 nitrogen and oxygen atoms in total.